The Hall–Kier alpha value is 0.0800. The first kappa shape index (κ1) is 15.7. The predicted molar refractivity (Wildman–Crippen MR) is 40.3 cm³/mol. The largest absolute Gasteiger partial charge is 0.286 e. The molecule has 0 aliphatic carbocycles. The van der Waals surface area contributed by atoms with Crippen LogP contribution in [0.3, 0.4) is 0 Å². The summed E-state index contributed by atoms with van der Waals surface area (Å²) < 4.78 is 0. The van der Waals surface area contributed by atoms with E-state index in [0.717, 1.165) is 0 Å². The van der Waals surface area contributed by atoms with E-state index in [1.54, 1.807) is 12.4 Å². The molecule has 0 unspecified atom stereocenters. The van der Waals surface area contributed by atoms with Crippen molar-refractivity contribution in [3.63, 3.8) is 0 Å². The minimum Gasteiger partial charge on any atom is -0.286 e. The molecule has 0 radical (unpaired) electrons. The molecule has 2 nitrogen and oxygen atoms in total. The first-order chi connectivity index (χ1) is 2.50. The molecule has 1 aromatic heterocycles. The molecule has 8 heavy (non-hydrogen) atoms. The normalized spacial score (nSPS) is 5.00. The van der Waals surface area contributed by atoms with Crippen LogP contribution in [-0.2, 0) is 0 Å². The van der Waals surface area contributed by atoms with Crippen LogP contribution >= 0.6 is 37.2 Å². The van der Waals surface area contributed by atoms with E-state index in [4.69, 9.17) is 0 Å². The number of hydrogen-bond donors (Lipinski definition) is 1. The van der Waals surface area contributed by atoms with Gasteiger partial charge in [0.1, 0.15) is 0 Å². The van der Waals surface area contributed by atoms with Gasteiger partial charge in [0.15, 0.2) is 0 Å². The molecule has 0 atom stereocenters. The summed E-state index contributed by atoms with van der Waals surface area (Å²) in [6.45, 7) is 0. The second-order valence-electron chi connectivity index (χ2n) is 0.766. The van der Waals surface area contributed by atoms with Crippen molar-refractivity contribution in [2.45, 2.75) is 0 Å². The second kappa shape index (κ2) is 10.1. The average Bonchev–Trinajstić information content (AvgIpc) is 1.76. The molecule has 0 aliphatic heterocycles. The van der Waals surface area contributed by atoms with E-state index in [9.17, 15) is 0 Å². The molecule has 1 N–H and O–H groups in total. The highest BCUT2D eigenvalue weighted by Crippen LogP contribution is 1.64. The molecule has 50 valence electrons. The van der Waals surface area contributed by atoms with Crippen LogP contribution in [0.25, 0.3) is 0 Å². The average molecular weight is 177 g/mol. The van der Waals surface area contributed by atoms with Crippen molar-refractivity contribution >= 4 is 37.2 Å². The zero-order valence-electron chi connectivity index (χ0n) is 3.90. The van der Waals surface area contributed by atoms with Crippen LogP contribution < -0.4 is 0 Å². The SMILES string of the molecule is Cl.Cl.Cl.c1cn[nH]c1. The van der Waals surface area contributed by atoms with E-state index in [2.05, 4.69) is 10.2 Å². The molecule has 0 fully saturated rings. The summed E-state index contributed by atoms with van der Waals surface area (Å²) in [6.07, 6.45) is 3.46. The van der Waals surface area contributed by atoms with Crippen molar-refractivity contribution in [3.8, 4) is 0 Å². The Balaban J connectivity index is -0.0000000833. The van der Waals surface area contributed by atoms with Gasteiger partial charge in [-0.2, -0.15) is 5.10 Å². The number of nitrogens with one attached hydrogen (secondary N) is 1. The van der Waals surface area contributed by atoms with Crippen LogP contribution in [-0.4, -0.2) is 10.2 Å². The van der Waals surface area contributed by atoms with Crippen LogP contribution in [0.2, 0.25) is 0 Å². The van der Waals surface area contributed by atoms with Crippen molar-refractivity contribution in [2.24, 2.45) is 0 Å². The molecule has 1 aromatic rings. The summed E-state index contributed by atoms with van der Waals surface area (Å²) in [5, 5.41) is 6.21. The first-order valence-electron chi connectivity index (χ1n) is 1.44. The number of rotatable bonds is 0. The molecule has 0 aliphatic rings. The van der Waals surface area contributed by atoms with E-state index < -0.39 is 0 Å². The minimum absolute atomic E-state index is 0. The van der Waals surface area contributed by atoms with Gasteiger partial charge in [-0.05, 0) is 6.07 Å². The quantitative estimate of drug-likeness (QED) is 0.642. The fourth-order valence-electron chi connectivity index (χ4n) is 0.215. The van der Waals surface area contributed by atoms with E-state index in [0.29, 0.717) is 0 Å². The predicted octanol–water partition coefficient (Wildman–Crippen LogP) is 1.68. The van der Waals surface area contributed by atoms with Crippen LogP contribution in [0.5, 0.6) is 0 Å². The van der Waals surface area contributed by atoms with Crippen LogP contribution in [0.15, 0.2) is 18.5 Å². The molecule has 1 rings (SSSR count). The zero-order chi connectivity index (χ0) is 3.54. The zero-order valence-corrected chi connectivity index (χ0v) is 6.35. The summed E-state index contributed by atoms with van der Waals surface area (Å²) in [5.41, 5.74) is 0. The Kier molecular flexibility index (Phi) is 19.9. The Morgan fingerprint density at radius 2 is 1.75 bits per heavy atom. The minimum atomic E-state index is 0. The highest BCUT2D eigenvalue weighted by Gasteiger charge is 1.56. The Morgan fingerprint density at radius 3 is 1.88 bits per heavy atom. The highest BCUT2D eigenvalue weighted by atomic mass is 35.5. The number of halogens is 3. The summed E-state index contributed by atoms with van der Waals surface area (Å²) >= 11 is 0. The summed E-state index contributed by atoms with van der Waals surface area (Å²) in [6, 6.07) is 1.83. The maximum Gasteiger partial charge on any atom is 0.0487 e. The molecule has 1 heterocycles. The van der Waals surface area contributed by atoms with Crippen molar-refractivity contribution in [1.29, 1.82) is 0 Å². The van der Waals surface area contributed by atoms with Crippen LogP contribution in [0, 0.1) is 0 Å². The Morgan fingerprint density at radius 1 is 1.12 bits per heavy atom. The lowest BCUT2D eigenvalue weighted by Gasteiger charge is -1.49. The Labute approximate surface area is 66.3 Å². The molecule has 0 aromatic carbocycles. The van der Waals surface area contributed by atoms with Crippen LogP contribution in [0.1, 0.15) is 0 Å². The maximum atomic E-state index is 3.60. The van der Waals surface area contributed by atoms with Crippen molar-refractivity contribution in [3.05, 3.63) is 18.5 Å². The lowest BCUT2D eigenvalue weighted by Crippen LogP contribution is -1.53. The first-order valence-corrected chi connectivity index (χ1v) is 1.44. The fourth-order valence-corrected chi connectivity index (χ4v) is 0.215. The van der Waals surface area contributed by atoms with Gasteiger partial charge in [0, 0.05) is 12.4 Å². The summed E-state index contributed by atoms with van der Waals surface area (Å²) in [4.78, 5) is 0. The van der Waals surface area contributed by atoms with Crippen molar-refractivity contribution in [1.82, 2.24) is 10.2 Å². The summed E-state index contributed by atoms with van der Waals surface area (Å²) in [5.74, 6) is 0. The fraction of sp³-hybridized carbons (Fsp3) is 0. The number of H-pyrrole nitrogens is 1. The summed E-state index contributed by atoms with van der Waals surface area (Å²) in [7, 11) is 0. The monoisotopic (exact) mass is 176 g/mol. The third-order valence-electron chi connectivity index (χ3n) is 0.406. The topological polar surface area (TPSA) is 28.7 Å². The van der Waals surface area contributed by atoms with Gasteiger partial charge in [0.2, 0.25) is 0 Å². The standard InChI is InChI=1S/C3H4N2.3ClH/c1-2-4-5-3-1;;;/h1-3H,(H,4,5);3*1H. The second-order valence-corrected chi connectivity index (χ2v) is 0.766. The van der Waals surface area contributed by atoms with Gasteiger partial charge in [-0.15, -0.1) is 37.2 Å². The van der Waals surface area contributed by atoms with E-state index in [1.165, 1.54) is 0 Å². The number of nitrogens with zero attached hydrogens (tertiary/aromatic N) is 1. The Bertz CT molecular complexity index is 69.0. The van der Waals surface area contributed by atoms with Crippen LogP contribution in [0.4, 0.5) is 0 Å². The van der Waals surface area contributed by atoms with Crippen molar-refractivity contribution in [2.75, 3.05) is 0 Å². The van der Waals surface area contributed by atoms with E-state index in [-0.39, 0.29) is 37.2 Å². The van der Waals surface area contributed by atoms with Gasteiger partial charge in [-0.1, -0.05) is 0 Å². The molecule has 0 spiro atoms. The van der Waals surface area contributed by atoms with E-state index in [1.807, 2.05) is 6.07 Å². The lowest BCUT2D eigenvalue weighted by atomic mass is 10.8. The van der Waals surface area contributed by atoms with Gasteiger partial charge in [-0.25, -0.2) is 0 Å². The van der Waals surface area contributed by atoms with Gasteiger partial charge in [0.25, 0.3) is 0 Å². The smallest absolute Gasteiger partial charge is 0.0487 e. The number of aromatic nitrogens is 2. The molecule has 0 saturated carbocycles. The third-order valence-corrected chi connectivity index (χ3v) is 0.406. The molecule has 5 heteroatoms. The van der Waals surface area contributed by atoms with Gasteiger partial charge < -0.3 is 0 Å². The third kappa shape index (κ3) is 6.08. The van der Waals surface area contributed by atoms with Gasteiger partial charge >= 0.3 is 0 Å². The van der Waals surface area contributed by atoms with Gasteiger partial charge in [0.05, 0.1) is 0 Å². The molecule has 0 saturated heterocycles. The van der Waals surface area contributed by atoms with Gasteiger partial charge in [-0.3, -0.25) is 5.10 Å². The highest BCUT2D eigenvalue weighted by molar-refractivity contribution is 5.86. The molecular weight excluding hydrogens is 170 g/mol. The maximum absolute atomic E-state index is 3.60. The number of hydrogen-bond acceptors (Lipinski definition) is 1. The molecular formula is C3H7Cl3N2. The number of aromatic amines is 1. The molecule has 0 bridgehead atoms. The lowest BCUT2D eigenvalue weighted by molar-refractivity contribution is 1.09. The molecule has 0 amide bonds. The van der Waals surface area contributed by atoms with E-state index >= 15 is 0 Å². The van der Waals surface area contributed by atoms with Crippen molar-refractivity contribution < 1.29 is 0 Å².